The van der Waals surface area contributed by atoms with Crippen LogP contribution < -0.4 is 11.1 Å². The summed E-state index contributed by atoms with van der Waals surface area (Å²) in [5.74, 6) is 1.39. The average molecular weight is 256 g/mol. The average Bonchev–Trinajstić information content (AvgIpc) is 2.74. The molecule has 0 aliphatic heterocycles. The van der Waals surface area contributed by atoms with Crippen molar-refractivity contribution in [2.24, 2.45) is 11.7 Å². The first-order valence-corrected chi connectivity index (χ1v) is 7.84. The van der Waals surface area contributed by atoms with Gasteiger partial charge in [0, 0.05) is 12.6 Å². The molecule has 0 aromatic heterocycles. The summed E-state index contributed by atoms with van der Waals surface area (Å²) in [6.07, 6.45) is 11.6. The molecule has 1 amide bonds. The minimum Gasteiger partial charge on any atom is -0.356 e. The van der Waals surface area contributed by atoms with Crippen LogP contribution >= 0.6 is 11.8 Å². The zero-order chi connectivity index (χ0) is 12.5. The summed E-state index contributed by atoms with van der Waals surface area (Å²) in [5.41, 5.74) is 5.72. The second-order valence-corrected chi connectivity index (χ2v) is 5.57. The van der Waals surface area contributed by atoms with Crippen molar-refractivity contribution < 1.29 is 4.79 Å². The van der Waals surface area contributed by atoms with E-state index < -0.39 is 0 Å². The Bertz CT molecular complexity index is 256. The highest BCUT2D eigenvalue weighted by molar-refractivity contribution is 7.98. The first kappa shape index (κ1) is 14.6. The molecule has 2 atom stereocenters. The molecule has 98 valence electrons. The van der Waals surface area contributed by atoms with Crippen molar-refractivity contribution in [2.45, 2.75) is 38.1 Å². The van der Waals surface area contributed by atoms with Crippen molar-refractivity contribution in [1.29, 1.82) is 0 Å². The highest BCUT2D eigenvalue weighted by Crippen LogP contribution is 2.16. The van der Waals surface area contributed by atoms with E-state index >= 15 is 0 Å². The van der Waals surface area contributed by atoms with Crippen molar-refractivity contribution in [3.8, 4) is 0 Å². The zero-order valence-corrected chi connectivity index (χ0v) is 11.5. The van der Waals surface area contributed by atoms with Gasteiger partial charge in [0.1, 0.15) is 0 Å². The number of nitrogens with one attached hydrogen (secondary N) is 1. The van der Waals surface area contributed by atoms with Crippen LogP contribution in [0.1, 0.15) is 32.1 Å². The van der Waals surface area contributed by atoms with E-state index in [-0.39, 0.29) is 17.9 Å². The maximum Gasteiger partial charge on any atom is 0.226 e. The third kappa shape index (κ3) is 6.13. The third-order valence-electron chi connectivity index (χ3n) is 3.03. The number of carbonyl (C=O) groups excluding carboxylic acids is 1. The normalized spacial score (nSPS) is 22.9. The Morgan fingerprint density at radius 1 is 1.35 bits per heavy atom. The number of hydrogen-bond acceptors (Lipinski definition) is 3. The summed E-state index contributed by atoms with van der Waals surface area (Å²) < 4.78 is 0. The van der Waals surface area contributed by atoms with E-state index in [1.54, 1.807) is 0 Å². The van der Waals surface area contributed by atoms with Crippen LogP contribution in [0.2, 0.25) is 0 Å². The van der Waals surface area contributed by atoms with E-state index in [0.717, 1.165) is 19.4 Å². The lowest BCUT2D eigenvalue weighted by atomic mass is 10.1. The predicted molar refractivity (Wildman–Crippen MR) is 75.1 cm³/mol. The van der Waals surface area contributed by atoms with Gasteiger partial charge in [0.2, 0.25) is 5.91 Å². The minimum absolute atomic E-state index is 0.00138. The molecule has 3 N–H and O–H groups in total. The van der Waals surface area contributed by atoms with Crippen molar-refractivity contribution in [2.75, 3.05) is 18.6 Å². The molecule has 0 aromatic carbocycles. The lowest BCUT2D eigenvalue weighted by molar-refractivity contribution is -0.123. The van der Waals surface area contributed by atoms with Gasteiger partial charge in [-0.25, -0.2) is 0 Å². The summed E-state index contributed by atoms with van der Waals surface area (Å²) in [4.78, 5) is 11.7. The fraction of sp³-hybridized carbons (Fsp3) is 0.769. The topological polar surface area (TPSA) is 55.1 Å². The van der Waals surface area contributed by atoms with Crippen LogP contribution in [-0.2, 0) is 4.79 Å². The molecule has 0 bridgehead atoms. The van der Waals surface area contributed by atoms with Gasteiger partial charge < -0.3 is 11.1 Å². The van der Waals surface area contributed by atoms with Crippen LogP contribution in [0, 0.1) is 5.92 Å². The number of hydrogen-bond donors (Lipinski definition) is 2. The molecule has 0 aromatic rings. The highest BCUT2D eigenvalue weighted by atomic mass is 32.2. The lowest BCUT2D eigenvalue weighted by Gasteiger charge is -2.10. The number of thioether (sulfide) groups is 1. The molecule has 0 heterocycles. The van der Waals surface area contributed by atoms with Crippen LogP contribution in [0.3, 0.4) is 0 Å². The molecule has 2 unspecified atom stereocenters. The Kier molecular flexibility index (Phi) is 7.37. The van der Waals surface area contributed by atoms with Gasteiger partial charge in [0.15, 0.2) is 0 Å². The molecule has 0 radical (unpaired) electrons. The van der Waals surface area contributed by atoms with Crippen molar-refractivity contribution in [1.82, 2.24) is 5.32 Å². The van der Waals surface area contributed by atoms with Crippen molar-refractivity contribution >= 4 is 17.7 Å². The van der Waals surface area contributed by atoms with Gasteiger partial charge in [0.25, 0.3) is 0 Å². The Morgan fingerprint density at radius 3 is 2.76 bits per heavy atom. The molecule has 1 rings (SSSR count). The van der Waals surface area contributed by atoms with Crippen LogP contribution in [0.15, 0.2) is 12.2 Å². The maximum atomic E-state index is 11.7. The molecular weight excluding hydrogens is 232 g/mol. The summed E-state index contributed by atoms with van der Waals surface area (Å²) in [6.45, 7) is 0.803. The highest BCUT2D eigenvalue weighted by Gasteiger charge is 2.21. The Morgan fingerprint density at radius 2 is 2.12 bits per heavy atom. The van der Waals surface area contributed by atoms with Crippen molar-refractivity contribution in [3.05, 3.63) is 12.2 Å². The smallest absolute Gasteiger partial charge is 0.226 e. The Labute approximate surface area is 109 Å². The molecular formula is C13H24N2OS. The Hall–Kier alpha value is -0.480. The molecule has 1 aliphatic carbocycles. The fourth-order valence-electron chi connectivity index (χ4n) is 1.99. The Balaban J connectivity index is 1.96. The van der Waals surface area contributed by atoms with E-state index in [0.29, 0.717) is 0 Å². The fourth-order valence-corrected chi connectivity index (χ4v) is 2.48. The minimum atomic E-state index is 0.00138. The summed E-state index contributed by atoms with van der Waals surface area (Å²) >= 11 is 1.90. The van der Waals surface area contributed by atoms with E-state index in [2.05, 4.69) is 11.6 Å². The van der Waals surface area contributed by atoms with E-state index in [1.165, 1.54) is 25.0 Å². The van der Waals surface area contributed by atoms with Gasteiger partial charge in [-0.3, -0.25) is 4.79 Å². The van der Waals surface area contributed by atoms with E-state index in [1.807, 2.05) is 23.9 Å². The monoisotopic (exact) mass is 256 g/mol. The molecule has 0 fully saturated rings. The number of carbonyl (C=O) groups is 1. The molecule has 0 spiro atoms. The maximum absolute atomic E-state index is 11.7. The number of nitrogens with two attached hydrogens (primary N) is 1. The molecule has 3 nitrogen and oxygen atoms in total. The second kappa shape index (κ2) is 8.59. The molecule has 0 saturated heterocycles. The quantitative estimate of drug-likeness (QED) is 0.515. The van der Waals surface area contributed by atoms with Gasteiger partial charge in [-0.2, -0.15) is 11.8 Å². The predicted octanol–water partition coefficient (Wildman–Crippen LogP) is 1.93. The third-order valence-corrected chi connectivity index (χ3v) is 3.72. The van der Waals surface area contributed by atoms with Crippen LogP contribution in [0.5, 0.6) is 0 Å². The molecule has 0 saturated carbocycles. The number of unbranched alkanes of at least 4 members (excludes halogenated alkanes) is 3. The van der Waals surface area contributed by atoms with E-state index in [9.17, 15) is 4.79 Å². The van der Waals surface area contributed by atoms with Crippen LogP contribution in [0.25, 0.3) is 0 Å². The largest absolute Gasteiger partial charge is 0.356 e. The van der Waals surface area contributed by atoms with Crippen molar-refractivity contribution in [3.63, 3.8) is 0 Å². The van der Waals surface area contributed by atoms with Gasteiger partial charge in [-0.15, -0.1) is 0 Å². The standard InChI is InChI=1S/C13H24N2OS/c1-17-9-5-3-2-4-8-15-13(16)11-6-7-12(14)10-11/h6-7,11-12H,2-5,8-10,14H2,1H3,(H,15,16). The summed E-state index contributed by atoms with van der Waals surface area (Å²) in [7, 11) is 0. The first-order valence-electron chi connectivity index (χ1n) is 6.44. The molecule has 17 heavy (non-hydrogen) atoms. The van der Waals surface area contributed by atoms with Gasteiger partial charge in [-0.1, -0.05) is 25.0 Å². The van der Waals surface area contributed by atoms with Gasteiger partial charge in [0.05, 0.1) is 5.92 Å². The molecule has 1 aliphatic rings. The summed E-state index contributed by atoms with van der Waals surface area (Å²) in [5, 5.41) is 2.99. The second-order valence-electron chi connectivity index (χ2n) is 4.59. The number of rotatable bonds is 8. The van der Waals surface area contributed by atoms with Gasteiger partial charge in [-0.05, 0) is 31.3 Å². The van der Waals surface area contributed by atoms with Crippen LogP contribution in [0.4, 0.5) is 0 Å². The zero-order valence-electron chi connectivity index (χ0n) is 10.7. The SMILES string of the molecule is CSCCCCCCNC(=O)C1C=CC(N)C1. The number of amides is 1. The first-order chi connectivity index (χ1) is 8.24. The van der Waals surface area contributed by atoms with Crippen LogP contribution in [-0.4, -0.2) is 30.5 Å². The van der Waals surface area contributed by atoms with E-state index in [4.69, 9.17) is 5.73 Å². The lowest BCUT2D eigenvalue weighted by Crippen LogP contribution is -2.31. The summed E-state index contributed by atoms with van der Waals surface area (Å²) in [6, 6.07) is 0.0669. The molecule has 4 heteroatoms. The van der Waals surface area contributed by atoms with Gasteiger partial charge >= 0.3 is 0 Å².